The molecule has 2 rings (SSSR count). The van der Waals surface area contributed by atoms with Gasteiger partial charge in [-0.2, -0.15) is 0 Å². The largest absolute Gasteiger partial charge is 0.489 e. The summed E-state index contributed by atoms with van der Waals surface area (Å²) in [5.41, 5.74) is 2.30. The molecule has 110 valence electrons. The molecular formula is C17H18BrNO2. The van der Waals surface area contributed by atoms with Crippen LogP contribution in [0.25, 0.3) is 0 Å². The second kappa shape index (κ2) is 6.76. The first-order valence-electron chi connectivity index (χ1n) is 6.81. The number of rotatable bonds is 4. The molecule has 0 aliphatic rings. The number of anilines is 1. The Balaban J connectivity index is 2.26. The predicted molar refractivity (Wildman–Crippen MR) is 89.0 cm³/mol. The van der Waals surface area contributed by atoms with Crippen molar-refractivity contribution in [3.63, 3.8) is 0 Å². The molecule has 4 heteroatoms. The minimum atomic E-state index is -0.162. The van der Waals surface area contributed by atoms with Gasteiger partial charge < -0.3 is 10.1 Å². The summed E-state index contributed by atoms with van der Waals surface area (Å²) in [5, 5.41) is 2.91. The van der Waals surface area contributed by atoms with Gasteiger partial charge in [-0.3, -0.25) is 4.79 Å². The van der Waals surface area contributed by atoms with Crippen LogP contribution in [0.3, 0.4) is 0 Å². The smallest absolute Gasteiger partial charge is 0.256 e. The van der Waals surface area contributed by atoms with Crippen LogP contribution in [0.1, 0.15) is 29.8 Å². The molecule has 21 heavy (non-hydrogen) atoms. The number of carbonyl (C=O) groups excluding carboxylic acids is 1. The maximum absolute atomic E-state index is 12.4. The quantitative estimate of drug-likeness (QED) is 0.862. The third kappa shape index (κ3) is 3.85. The number of para-hydroxylation sites is 2. The third-order valence-electron chi connectivity index (χ3n) is 2.93. The molecule has 0 aliphatic carbocycles. The third-order valence-corrected chi connectivity index (χ3v) is 3.99. The summed E-state index contributed by atoms with van der Waals surface area (Å²) < 4.78 is 6.52. The van der Waals surface area contributed by atoms with Crippen molar-refractivity contribution in [3.05, 3.63) is 58.1 Å². The van der Waals surface area contributed by atoms with Crippen LogP contribution in [0.2, 0.25) is 0 Å². The minimum absolute atomic E-state index is 0.0498. The first-order chi connectivity index (χ1) is 9.99. The van der Waals surface area contributed by atoms with Crippen molar-refractivity contribution in [2.45, 2.75) is 26.9 Å². The van der Waals surface area contributed by atoms with Gasteiger partial charge in [0.15, 0.2) is 0 Å². The molecule has 0 aliphatic heterocycles. The van der Waals surface area contributed by atoms with E-state index in [1.807, 2.05) is 57.2 Å². The van der Waals surface area contributed by atoms with E-state index in [4.69, 9.17) is 4.74 Å². The number of aryl methyl sites for hydroxylation is 1. The number of amides is 1. The Bertz CT molecular complexity index is 653. The fourth-order valence-corrected chi connectivity index (χ4v) is 2.38. The summed E-state index contributed by atoms with van der Waals surface area (Å²) in [6, 6.07) is 13.0. The van der Waals surface area contributed by atoms with Crippen LogP contribution >= 0.6 is 15.9 Å². The first kappa shape index (κ1) is 15.6. The monoisotopic (exact) mass is 347 g/mol. The van der Waals surface area contributed by atoms with E-state index in [1.54, 1.807) is 6.07 Å². The summed E-state index contributed by atoms with van der Waals surface area (Å²) in [4.78, 5) is 12.4. The van der Waals surface area contributed by atoms with E-state index in [0.29, 0.717) is 17.0 Å². The molecule has 2 aromatic rings. The Kier molecular flexibility index (Phi) is 5.02. The van der Waals surface area contributed by atoms with Crippen molar-refractivity contribution in [2.24, 2.45) is 0 Å². The maximum atomic E-state index is 12.4. The Hall–Kier alpha value is -1.81. The van der Waals surface area contributed by atoms with Crippen LogP contribution in [0, 0.1) is 6.92 Å². The predicted octanol–water partition coefficient (Wildman–Crippen LogP) is 4.80. The van der Waals surface area contributed by atoms with Gasteiger partial charge in [0.1, 0.15) is 5.75 Å². The molecule has 0 spiro atoms. The molecule has 1 amide bonds. The van der Waals surface area contributed by atoms with Crippen molar-refractivity contribution in [3.8, 4) is 5.75 Å². The number of carbonyl (C=O) groups is 1. The number of ether oxygens (including phenoxy) is 1. The van der Waals surface area contributed by atoms with E-state index >= 15 is 0 Å². The normalized spacial score (nSPS) is 10.5. The van der Waals surface area contributed by atoms with Gasteiger partial charge in [-0.05, 0) is 60.5 Å². The van der Waals surface area contributed by atoms with Gasteiger partial charge in [-0.25, -0.2) is 0 Å². The van der Waals surface area contributed by atoms with Crippen molar-refractivity contribution in [1.82, 2.24) is 0 Å². The Morgan fingerprint density at radius 2 is 1.86 bits per heavy atom. The highest BCUT2D eigenvalue weighted by atomic mass is 79.9. The minimum Gasteiger partial charge on any atom is -0.489 e. The standard InChI is InChI=1S/C17H18BrNO2/c1-11(2)21-15-10-5-4-9-14(15)19-17(20)13-8-6-7-12(3)16(13)18/h4-11H,1-3H3,(H,19,20). The van der Waals surface area contributed by atoms with Crippen molar-refractivity contribution in [1.29, 1.82) is 0 Å². The lowest BCUT2D eigenvalue weighted by molar-refractivity contribution is 0.102. The summed E-state index contributed by atoms with van der Waals surface area (Å²) in [6.07, 6.45) is 0.0498. The van der Waals surface area contributed by atoms with E-state index in [2.05, 4.69) is 21.2 Å². The summed E-state index contributed by atoms with van der Waals surface area (Å²) in [6.45, 7) is 5.86. The molecule has 0 radical (unpaired) electrons. The average Bonchev–Trinajstić information content (AvgIpc) is 2.43. The second-order valence-corrected chi connectivity index (χ2v) is 5.85. The molecule has 0 fully saturated rings. The fraction of sp³-hybridized carbons (Fsp3) is 0.235. The van der Waals surface area contributed by atoms with Gasteiger partial charge in [0.05, 0.1) is 17.4 Å². The number of hydrogen-bond donors (Lipinski definition) is 1. The highest BCUT2D eigenvalue weighted by Crippen LogP contribution is 2.27. The van der Waals surface area contributed by atoms with Crippen molar-refractivity contribution >= 4 is 27.5 Å². The van der Waals surface area contributed by atoms with Crippen molar-refractivity contribution < 1.29 is 9.53 Å². The molecule has 0 atom stereocenters. The SMILES string of the molecule is Cc1cccc(C(=O)Nc2ccccc2OC(C)C)c1Br. The highest BCUT2D eigenvalue weighted by Gasteiger charge is 2.14. The molecule has 0 saturated heterocycles. The molecule has 3 nitrogen and oxygen atoms in total. The summed E-state index contributed by atoms with van der Waals surface area (Å²) in [7, 11) is 0. The molecule has 0 unspecified atom stereocenters. The van der Waals surface area contributed by atoms with E-state index in [1.165, 1.54) is 0 Å². The highest BCUT2D eigenvalue weighted by molar-refractivity contribution is 9.10. The number of hydrogen-bond acceptors (Lipinski definition) is 2. The number of halogens is 1. The topological polar surface area (TPSA) is 38.3 Å². The lowest BCUT2D eigenvalue weighted by Crippen LogP contribution is -2.15. The van der Waals surface area contributed by atoms with Crippen LogP contribution in [-0.4, -0.2) is 12.0 Å². The van der Waals surface area contributed by atoms with Crippen LogP contribution in [0.15, 0.2) is 46.9 Å². The zero-order valence-corrected chi connectivity index (χ0v) is 13.9. The molecule has 0 saturated carbocycles. The van der Waals surface area contributed by atoms with Crippen LogP contribution in [0.5, 0.6) is 5.75 Å². The molecular weight excluding hydrogens is 330 g/mol. The summed E-state index contributed by atoms with van der Waals surface area (Å²) in [5.74, 6) is 0.509. The van der Waals surface area contributed by atoms with E-state index < -0.39 is 0 Å². The Morgan fingerprint density at radius 1 is 1.14 bits per heavy atom. The molecule has 1 N–H and O–H groups in total. The van der Waals surface area contributed by atoms with E-state index in [0.717, 1.165) is 10.0 Å². The van der Waals surface area contributed by atoms with Gasteiger partial charge in [-0.15, -0.1) is 0 Å². The Labute approximate surface area is 133 Å². The van der Waals surface area contributed by atoms with Crippen molar-refractivity contribution in [2.75, 3.05) is 5.32 Å². The first-order valence-corrected chi connectivity index (χ1v) is 7.60. The zero-order chi connectivity index (χ0) is 15.4. The van der Waals surface area contributed by atoms with E-state index in [-0.39, 0.29) is 12.0 Å². The maximum Gasteiger partial charge on any atom is 0.256 e. The van der Waals surface area contributed by atoms with Gasteiger partial charge in [0.2, 0.25) is 0 Å². The zero-order valence-electron chi connectivity index (χ0n) is 12.3. The number of benzene rings is 2. The van der Waals surface area contributed by atoms with Gasteiger partial charge in [-0.1, -0.05) is 24.3 Å². The fourth-order valence-electron chi connectivity index (χ4n) is 1.94. The Morgan fingerprint density at radius 3 is 2.57 bits per heavy atom. The van der Waals surface area contributed by atoms with Crippen LogP contribution in [0.4, 0.5) is 5.69 Å². The van der Waals surface area contributed by atoms with Crippen LogP contribution < -0.4 is 10.1 Å². The van der Waals surface area contributed by atoms with Gasteiger partial charge >= 0.3 is 0 Å². The molecule has 0 bridgehead atoms. The molecule has 2 aromatic carbocycles. The van der Waals surface area contributed by atoms with Gasteiger partial charge in [0, 0.05) is 4.47 Å². The second-order valence-electron chi connectivity index (χ2n) is 5.05. The number of nitrogens with one attached hydrogen (secondary N) is 1. The average molecular weight is 348 g/mol. The molecule has 0 aromatic heterocycles. The molecule has 0 heterocycles. The summed E-state index contributed by atoms with van der Waals surface area (Å²) >= 11 is 3.46. The van der Waals surface area contributed by atoms with Gasteiger partial charge in [0.25, 0.3) is 5.91 Å². The van der Waals surface area contributed by atoms with Crippen LogP contribution in [-0.2, 0) is 0 Å². The lowest BCUT2D eigenvalue weighted by atomic mass is 10.1. The van der Waals surface area contributed by atoms with E-state index in [9.17, 15) is 4.79 Å². The lowest BCUT2D eigenvalue weighted by Gasteiger charge is -2.15.